The molecule has 1 heteroatoms. The maximum absolute atomic E-state index is 3.53. The molecule has 1 aliphatic carbocycles. The third-order valence-electron chi connectivity index (χ3n) is 3.85. The topological polar surface area (TPSA) is 12.0 Å². The van der Waals surface area contributed by atoms with Crippen LogP contribution >= 0.6 is 0 Å². The monoisotopic (exact) mass is 197 g/mol. The Hall–Kier alpha value is -0.0400. The highest BCUT2D eigenvalue weighted by molar-refractivity contribution is 4.84. The Labute approximate surface area is 89.7 Å². The molecule has 1 fully saturated rings. The van der Waals surface area contributed by atoms with Gasteiger partial charge in [0.1, 0.15) is 0 Å². The summed E-state index contributed by atoms with van der Waals surface area (Å²) in [7, 11) is 0. The van der Waals surface area contributed by atoms with Crippen LogP contribution in [-0.4, -0.2) is 12.6 Å². The van der Waals surface area contributed by atoms with E-state index in [1.807, 2.05) is 0 Å². The SMILES string of the molecule is CCNC(C)CC(C)(C)C1CCCC1. The molecule has 0 spiro atoms. The fourth-order valence-electron chi connectivity index (χ4n) is 3.08. The highest BCUT2D eigenvalue weighted by Gasteiger charge is 2.32. The van der Waals surface area contributed by atoms with E-state index in [1.165, 1.54) is 32.1 Å². The van der Waals surface area contributed by atoms with Crippen LogP contribution in [0.2, 0.25) is 0 Å². The normalized spacial score (nSPS) is 21.4. The van der Waals surface area contributed by atoms with Crippen LogP contribution < -0.4 is 5.32 Å². The van der Waals surface area contributed by atoms with Crippen LogP contribution in [0.15, 0.2) is 0 Å². The van der Waals surface area contributed by atoms with Crippen LogP contribution in [0.3, 0.4) is 0 Å². The van der Waals surface area contributed by atoms with Crippen molar-refractivity contribution in [3.63, 3.8) is 0 Å². The Morgan fingerprint density at radius 3 is 2.36 bits per heavy atom. The van der Waals surface area contributed by atoms with Crippen molar-refractivity contribution in [1.29, 1.82) is 0 Å². The van der Waals surface area contributed by atoms with Crippen molar-refractivity contribution in [2.75, 3.05) is 6.54 Å². The zero-order valence-corrected chi connectivity index (χ0v) is 10.4. The average molecular weight is 197 g/mol. The molecule has 0 aromatic heterocycles. The third kappa shape index (κ3) is 3.27. The number of hydrogen-bond donors (Lipinski definition) is 1. The summed E-state index contributed by atoms with van der Waals surface area (Å²) in [6.45, 7) is 10.5. The van der Waals surface area contributed by atoms with Crippen molar-refractivity contribution in [2.45, 2.75) is 65.8 Å². The summed E-state index contributed by atoms with van der Waals surface area (Å²) in [4.78, 5) is 0. The molecule has 1 unspecified atom stereocenters. The minimum Gasteiger partial charge on any atom is -0.315 e. The van der Waals surface area contributed by atoms with Gasteiger partial charge >= 0.3 is 0 Å². The van der Waals surface area contributed by atoms with Crippen LogP contribution in [-0.2, 0) is 0 Å². The van der Waals surface area contributed by atoms with E-state index < -0.39 is 0 Å². The van der Waals surface area contributed by atoms with Gasteiger partial charge in [0.05, 0.1) is 0 Å². The molecule has 1 saturated carbocycles. The molecule has 0 aliphatic heterocycles. The van der Waals surface area contributed by atoms with Gasteiger partial charge in [0.25, 0.3) is 0 Å². The molecular formula is C13H27N. The van der Waals surface area contributed by atoms with Crippen molar-refractivity contribution in [2.24, 2.45) is 11.3 Å². The number of nitrogens with one attached hydrogen (secondary N) is 1. The molecule has 1 rings (SSSR count). The van der Waals surface area contributed by atoms with Gasteiger partial charge in [-0.2, -0.15) is 0 Å². The van der Waals surface area contributed by atoms with E-state index in [2.05, 4.69) is 33.0 Å². The second-order valence-corrected chi connectivity index (χ2v) is 5.63. The van der Waals surface area contributed by atoms with Gasteiger partial charge in [-0.1, -0.05) is 33.6 Å². The van der Waals surface area contributed by atoms with Gasteiger partial charge in [-0.15, -0.1) is 0 Å². The lowest BCUT2D eigenvalue weighted by atomic mass is 9.73. The molecule has 0 aromatic carbocycles. The maximum Gasteiger partial charge on any atom is 0.00437 e. The van der Waals surface area contributed by atoms with E-state index >= 15 is 0 Å². The van der Waals surface area contributed by atoms with Crippen LogP contribution in [0.4, 0.5) is 0 Å². The highest BCUT2D eigenvalue weighted by atomic mass is 14.9. The Morgan fingerprint density at radius 1 is 1.29 bits per heavy atom. The first-order valence-electron chi connectivity index (χ1n) is 6.29. The Bertz CT molecular complexity index is 157. The van der Waals surface area contributed by atoms with E-state index in [4.69, 9.17) is 0 Å². The lowest BCUT2D eigenvalue weighted by molar-refractivity contribution is 0.179. The predicted octanol–water partition coefficient (Wildman–Crippen LogP) is 3.59. The van der Waals surface area contributed by atoms with Gasteiger partial charge < -0.3 is 5.32 Å². The minimum atomic E-state index is 0.540. The molecule has 1 atom stereocenters. The van der Waals surface area contributed by atoms with Crippen molar-refractivity contribution in [3.8, 4) is 0 Å². The second-order valence-electron chi connectivity index (χ2n) is 5.63. The molecular weight excluding hydrogens is 170 g/mol. The average Bonchev–Trinajstić information content (AvgIpc) is 2.54. The van der Waals surface area contributed by atoms with E-state index in [-0.39, 0.29) is 0 Å². The lowest BCUT2D eigenvalue weighted by Gasteiger charge is -2.34. The van der Waals surface area contributed by atoms with E-state index in [9.17, 15) is 0 Å². The molecule has 0 amide bonds. The number of rotatable bonds is 5. The standard InChI is InChI=1S/C13H27N/c1-5-14-11(2)10-13(3,4)12-8-6-7-9-12/h11-12,14H,5-10H2,1-4H3. The summed E-state index contributed by atoms with van der Waals surface area (Å²) in [5.41, 5.74) is 0.540. The molecule has 0 heterocycles. The molecule has 14 heavy (non-hydrogen) atoms. The molecule has 0 saturated heterocycles. The minimum absolute atomic E-state index is 0.540. The van der Waals surface area contributed by atoms with E-state index in [0.717, 1.165) is 12.5 Å². The maximum atomic E-state index is 3.53. The first-order chi connectivity index (χ1) is 6.56. The summed E-state index contributed by atoms with van der Waals surface area (Å²) in [5, 5.41) is 3.53. The van der Waals surface area contributed by atoms with Crippen LogP contribution in [0.1, 0.15) is 59.8 Å². The van der Waals surface area contributed by atoms with Crippen molar-refractivity contribution in [1.82, 2.24) is 5.32 Å². The summed E-state index contributed by atoms with van der Waals surface area (Å²) < 4.78 is 0. The Balaban J connectivity index is 2.39. The van der Waals surface area contributed by atoms with Gasteiger partial charge in [-0.3, -0.25) is 0 Å². The van der Waals surface area contributed by atoms with Gasteiger partial charge in [0.15, 0.2) is 0 Å². The Kier molecular flexibility index (Phi) is 4.43. The van der Waals surface area contributed by atoms with Crippen molar-refractivity contribution in [3.05, 3.63) is 0 Å². The molecule has 1 nitrogen and oxygen atoms in total. The van der Waals surface area contributed by atoms with Crippen LogP contribution in [0.5, 0.6) is 0 Å². The smallest absolute Gasteiger partial charge is 0.00437 e. The van der Waals surface area contributed by atoms with E-state index in [0.29, 0.717) is 11.5 Å². The lowest BCUT2D eigenvalue weighted by Crippen LogP contribution is -2.34. The fourth-order valence-corrected chi connectivity index (χ4v) is 3.08. The zero-order chi connectivity index (χ0) is 10.6. The van der Waals surface area contributed by atoms with Gasteiger partial charge in [-0.25, -0.2) is 0 Å². The van der Waals surface area contributed by atoms with Gasteiger partial charge in [-0.05, 0) is 44.1 Å². The molecule has 1 aliphatic rings. The van der Waals surface area contributed by atoms with Crippen molar-refractivity contribution < 1.29 is 0 Å². The van der Waals surface area contributed by atoms with Crippen LogP contribution in [0, 0.1) is 11.3 Å². The second kappa shape index (κ2) is 5.16. The molecule has 84 valence electrons. The third-order valence-corrected chi connectivity index (χ3v) is 3.85. The van der Waals surface area contributed by atoms with Crippen molar-refractivity contribution >= 4 is 0 Å². The molecule has 1 N–H and O–H groups in total. The fraction of sp³-hybridized carbons (Fsp3) is 1.00. The first kappa shape index (κ1) is 12.0. The van der Waals surface area contributed by atoms with Crippen LogP contribution in [0.25, 0.3) is 0 Å². The van der Waals surface area contributed by atoms with Gasteiger partial charge in [0, 0.05) is 6.04 Å². The Morgan fingerprint density at radius 2 is 1.86 bits per heavy atom. The first-order valence-corrected chi connectivity index (χ1v) is 6.29. The molecule has 0 bridgehead atoms. The quantitative estimate of drug-likeness (QED) is 0.710. The highest BCUT2D eigenvalue weighted by Crippen LogP contribution is 2.42. The van der Waals surface area contributed by atoms with E-state index in [1.54, 1.807) is 0 Å². The zero-order valence-electron chi connectivity index (χ0n) is 10.4. The summed E-state index contributed by atoms with van der Waals surface area (Å²) >= 11 is 0. The summed E-state index contributed by atoms with van der Waals surface area (Å²) in [5.74, 6) is 0.976. The largest absolute Gasteiger partial charge is 0.315 e. The van der Waals surface area contributed by atoms with Gasteiger partial charge in [0.2, 0.25) is 0 Å². The molecule has 0 radical (unpaired) electrons. The summed E-state index contributed by atoms with van der Waals surface area (Å²) in [6.07, 6.45) is 7.18. The predicted molar refractivity (Wildman–Crippen MR) is 63.5 cm³/mol. The molecule has 0 aromatic rings. The number of hydrogen-bond acceptors (Lipinski definition) is 1. The summed E-state index contributed by atoms with van der Waals surface area (Å²) in [6, 6.07) is 0.676.